The van der Waals surface area contributed by atoms with Crippen molar-refractivity contribution in [1.29, 1.82) is 0 Å². The number of rotatable bonds is 6. The van der Waals surface area contributed by atoms with Gasteiger partial charge in [-0.1, -0.05) is 13.0 Å². The number of carbonyl (C=O) groups is 1. The fourth-order valence-corrected chi connectivity index (χ4v) is 5.85. The van der Waals surface area contributed by atoms with Gasteiger partial charge in [-0.25, -0.2) is 13.2 Å². The summed E-state index contributed by atoms with van der Waals surface area (Å²) in [5.41, 5.74) is 0.795. The van der Waals surface area contributed by atoms with Crippen LogP contribution in [0.4, 0.5) is 8.78 Å². The zero-order valence-corrected chi connectivity index (χ0v) is 18.1. The average Bonchev–Trinajstić information content (AvgIpc) is 3.05. The number of fused-ring (bicyclic) bond motifs is 1. The summed E-state index contributed by atoms with van der Waals surface area (Å²) < 4.78 is 54.2. The molecule has 2 aromatic carbocycles. The normalized spacial score (nSPS) is 17.5. The van der Waals surface area contributed by atoms with E-state index in [1.54, 1.807) is 24.3 Å². The number of hydrogen-bond acceptors (Lipinski definition) is 5. The highest BCUT2D eigenvalue weighted by Crippen LogP contribution is 2.36. The Morgan fingerprint density at radius 2 is 1.91 bits per heavy atom. The lowest BCUT2D eigenvalue weighted by atomic mass is 9.78. The van der Waals surface area contributed by atoms with E-state index in [0.717, 1.165) is 0 Å². The van der Waals surface area contributed by atoms with Crippen molar-refractivity contribution in [2.75, 3.05) is 11.5 Å². The van der Waals surface area contributed by atoms with E-state index < -0.39 is 22.1 Å². The number of aromatic amines is 1. The van der Waals surface area contributed by atoms with Crippen LogP contribution in [0.3, 0.4) is 0 Å². The van der Waals surface area contributed by atoms with E-state index in [1.165, 1.54) is 22.8 Å². The molecule has 3 aromatic rings. The Bertz CT molecular complexity index is 1330. The van der Waals surface area contributed by atoms with Gasteiger partial charge < -0.3 is 9.72 Å². The Kier molecular flexibility index (Phi) is 5.66. The topological polar surface area (TPSA) is 98.2 Å². The molecule has 1 N–H and O–H groups in total. The molecule has 1 aliphatic heterocycles. The predicted molar refractivity (Wildman–Crippen MR) is 115 cm³/mol. The maximum Gasteiger partial charge on any atom is 0.387 e. The molecule has 0 spiro atoms. The number of aromatic nitrogens is 2. The quantitative estimate of drug-likeness (QED) is 0.561. The molecule has 1 aromatic heterocycles. The zero-order chi connectivity index (χ0) is 23.1. The molecule has 0 bridgehead atoms. The molecule has 1 saturated heterocycles. The highest BCUT2D eigenvalue weighted by atomic mass is 32.2. The lowest BCUT2D eigenvalue weighted by Crippen LogP contribution is -2.33. The number of sulfone groups is 1. The fourth-order valence-electron chi connectivity index (χ4n) is 4.04. The van der Waals surface area contributed by atoms with E-state index in [0.29, 0.717) is 35.1 Å². The van der Waals surface area contributed by atoms with Crippen LogP contribution in [0.1, 0.15) is 36.5 Å². The summed E-state index contributed by atoms with van der Waals surface area (Å²) in [5, 5.41) is 0. The van der Waals surface area contributed by atoms with Crippen LogP contribution in [-0.2, 0) is 9.84 Å². The van der Waals surface area contributed by atoms with E-state index in [-0.39, 0.29) is 34.9 Å². The molecular weight excluding hydrogens is 442 g/mol. The van der Waals surface area contributed by atoms with Crippen molar-refractivity contribution in [2.24, 2.45) is 5.41 Å². The summed E-state index contributed by atoms with van der Waals surface area (Å²) in [6.45, 7) is -1.06. The van der Waals surface area contributed by atoms with Crippen LogP contribution in [0.2, 0.25) is 0 Å². The molecule has 0 aliphatic carbocycles. The number of halogens is 2. The van der Waals surface area contributed by atoms with Crippen LogP contribution >= 0.6 is 0 Å². The van der Waals surface area contributed by atoms with E-state index in [4.69, 9.17) is 0 Å². The van der Waals surface area contributed by atoms with Crippen LogP contribution < -0.4 is 10.4 Å². The van der Waals surface area contributed by atoms with Gasteiger partial charge in [-0.2, -0.15) is 8.78 Å². The number of ketones is 1. The standard InChI is InChI=1S/C22H22F2N2O5S/c1-22(7-9-32(29,30)10-8-22)13-19(27)14-5-6-18-17(11-14)25-21(28)26(18)15-3-2-4-16(12-15)31-20(23)24/h2-6,11-12,20H,7-10,13H2,1H3,(H,25,28). The fraction of sp³-hybridized carbons (Fsp3) is 0.364. The minimum absolute atomic E-state index is 0.0757. The Morgan fingerprint density at radius 3 is 2.59 bits per heavy atom. The third-order valence-electron chi connectivity index (χ3n) is 5.93. The lowest BCUT2D eigenvalue weighted by molar-refractivity contribution is -0.0498. The second-order valence-electron chi connectivity index (χ2n) is 8.44. The molecule has 1 aliphatic rings. The molecule has 0 amide bonds. The number of H-pyrrole nitrogens is 1. The van der Waals surface area contributed by atoms with Crippen LogP contribution in [0, 0.1) is 5.41 Å². The first kappa shape index (κ1) is 22.2. The van der Waals surface area contributed by atoms with Crippen molar-refractivity contribution < 1.29 is 26.7 Å². The predicted octanol–water partition coefficient (Wildman–Crippen LogP) is 3.71. The summed E-state index contributed by atoms with van der Waals surface area (Å²) in [6.07, 6.45) is 1.09. The molecular formula is C22H22F2N2O5S. The van der Waals surface area contributed by atoms with Crippen LogP contribution in [-0.4, -0.2) is 41.9 Å². The van der Waals surface area contributed by atoms with Gasteiger partial charge in [0, 0.05) is 18.1 Å². The summed E-state index contributed by atoms with van der Waals surface area (Å²) in [7, 11) is -3.03. The van der Waals surface area contributed by atoms with E-state index in [2.05, 4.69) is 9.72 Å². The molecule has 7 nitrogen and oxygen atoms in total. The largest absolute Gasteiger partial charge is 0.435 e. The first-order chi connectivity index (χ1) is 15.1. The van der Waals surface area contributed by atoms with Gasteiger partial charge in [-0.15, -0.1) is 0 Å². The van der Waals surface area contributed by atoms with Gasteiger partial charge in [0.15, 0.2) is 5.78 Å². The molecule has 32 heavy (non-hydrogen) atoms. The summed E-state index contributed by atoms with van der Waals surface area (Å²) in [4.78, 5) is 28.1. The van der Waals surface area contributed by atoms with Crippen LogP contribution in [0.5, 0.6) is 5.75 Å². The monoisotopic (exact) mass is 464 g/mol. The Hall–Kier alpha value is -3.01. The number of benzene rings is 2. The van der Waals surface area contributed by atoms with E-state index in [9.17, 15) is 26.8 Å². The van der Waals surface area contributed by atoms with Crippen molar-refractivity contribution in [3.63, 3.8) is 0 Å². The second kappa shape index (κ2) is 8.16. The smallest absolute Gasteiger partial charge is 0.387 e. The first-order valence-corrected chi connectivity index (χ1v) is 11.9. The third kappa shape index (κ3) is 4.59. The minimum atomic E-state index is -3.03. The minimum Gasteiger partial charge on any atom is -0.435 e. The maximum absolute atomic E-state index is 12.9. The van der Waals surface area contributed by atoms with Crippen LogP contribution in [0.25, 0.3) is 16.7 Å². The van der Waals surface area contributed by atoms with Crippen molar-refractivity contribution in [2.45, 2.75) is 32.8 Å². The molecule has 10 heteroatoms. The molecule has 4 rings (SSSR count). The van der Waals surface area contributed by atoms with Gasteiger partial charge in [-0.3, -0.25) is 9.36 Å². The highest BCUT2D eigenvalue weighted by molar-refractivity contribution is 7.91. The van der Waals surface area contributed by atoms with Gasteiger partial charge >= 0.3 is 12.3 Å². The zero-order valence-electron chi connectivity index (χ0n) is 17.3. The number of Topliss-reactive ketones (excluding diaryl/α,β-unsaturated/α-hetero) is 1. The Labute approximate surface area is 182 Å². The number of imidazole rings is 1. The maximum atomic E-state index is 12.9. The van der Waals surface area contributed by atoms with Crippen molar-refractivity contribution >= 4 is 26.7 Å². The highest BCUT2D eigenvalue weighted by Gasteiger charge is 2.35. The average molecular weight is 464 g/mol. The number of ether oxygens (including phenoxy) is 1. The molecule has 0 radical (unpaired) electrons. The van der Waals surface area contributed by atoms with Crippen molar-refractivity contribution in [3.05, 3.63) is 58.5 Å². The number of nitrogens with one attached hydrogen (secondary N) is 1. The second-order valence-corrected chi connectivity index (χ2v) is 10.7. The molecule has 170 valence electrons. The Morgan fingerprint density at radius 1 is 1.19 bits per heavy atom. The van der Waals surface area contributed by atoms with Crippen LogP contribution in [0.15, 0.2) is 47.3 Å². The van der Waals surface area contributed by atoms with Gasteiger partial charge in [0.1, 0.15) is 15.6 Å². The van der Waals surface area contributed by atoms with Crippen molar-refractivity contribution in [3.8, 4) is 11.4 Å². The summed E-state index contributed by atoms with van der Waals surface area (Å²) in [6, 6.07) is 10.6. The van der Waals surface area contributed by atoms with Gasteiger partial charge in [0.2, 0.25) is 0 Å². The number of hydrogen-bond donors (Lipinski definition) is 1. The molecule has 0 saturated carbocycles. The molecule has 0 unspecified atom stereocenters. The Balaban J connectivity index is 1.61. The lowest BCUT2D eigenvalue weighted by Gasteiger charge is -2.32. The molecule has 1 fully saturated rings. The molecule has 2 heterocycles. The molecule has 0 atom stereocenters. The van der Waals surface area contributed by atoms with Crippen molar-refractivity contribution in [1.82, 2.24) is 9.55 Å². The summed E-state index contributed by atoms with van der Waals surface area (Å²) >= 11 is 0. The van der Waals surface area contributed by atoms with E-state index >= 15 is 0 Å². The first-order valence-electron chi connectivity index (χ1n) is 10.1. The summed E-state index contributed by atoms with van der Waals surface area (Å²) in [5.74, 6) is -0.0383. The van der Waals surface area contributed by atoms with Gasteiger partial charge in [-0.05, 0) is 48.6 Å². The van der Waals surface area contributed by atoms with Gasteiger partial charge in [0.05, 0.1) is 28.2 Å². The van der Waals surface area contributed by atoms with Gasteiger partial charge in [0.25, 0.3) is 0 Å². The number of alkyl halides is 2. The number of nitrogens with zero attached hydrogens (tertiary/aromatic N) is 1. The van der Waals surface area contributed by atoms with E-state index in [1.807, 2.05) is 6.92 Å². The SMILES string of the molecule is CC1(CC(=O)c2ccc3c(c2)[nH]c(=O)n3-c2cccc(OC(F)F)c2)CCS(=O)(=O)CC1. The third-order valence-corrected chi connectivity index (χ3v) is 7.58. The number of carbonyl (C=O) groups excluding carboxylic acids is 1.